The van der Waals surface area contributed by atoms with E-state index in [4.69, 9.17) is 14.2 Å². The third kappa shape index (κ3) is 13.0. The molecule has 2 aromatic rings. The molecule has 49 heavy (non-hydrogen) atoms. The minimum absolute atomic E-state index is 0.0312. The summed E-state index contributed by atoms with van der Waals surface area (Å²) in [6.45, 7) is 10.9. The Kier molecular flexibility index (Phi) is 13.8. The first kappa shape index (κ1) is 38.6. The second-order valence-electron chi connectivity index (χ2n) is 13.9. The molecule has 0 aromatic heterocycles. The van der Waals surface area contributed by atoms with Crippen LogP contribution in [0.2, 0.25) is 0 Å². The molecule has 0 aliphatic heterocycles. The maximum Gasteiger partial charge on any atom is 0.407 e. The van der Waals surface area contributed by atoms with Gasteiger partial charge in [0, 0.05) is 19.0 Å². The van der Waals surface area contributed by atoms with Crippen LogP contribution in [0.15, 0.2) is 48.5 Å². The number of alkyl carbamates (subject to hydrolysis) is 3. The summed E-state index contributed by atoms with van der Waals surface area (Å²) in [5.41, 5.74) is 2.88. The number of amides is 4. The molecule has 2 aromatic carbocycles. The summed E-state index contributed by atoms with van der Waals surface area (Å²) < 4.78 is 16.1. The lowest BCUT2D eigenvalue weighted by Crippen LogP contribution is -2.52. The van der Waals surface area contributed by atoms with Gasteiger partial charge in [-0.05, 0) is 95.9 Å². The molecular weight excluding hydrogens is 632 g/mol. The van der Waals surface area contributed by atoms with E-state index in [9.17, 15) is 29.1 Å². The van der Waals surface area contributed by atoms with Gasteiger partial charge in [0.25, 0.3) is 0 Å². The van der Waals surface area contributed by atoms with Crippen molar-refractivity contribution in [2.24, 2.45) is 0 Å². The van der Waals surface area contributed by atoms with Crippen molar-refractivity contribution in [1.82, 2.24) is 21.3 Å². The molecule has 13 nitrogen and oxygen atoms in total. The van der Waals surface area contributed by atoms with E-state index in [1.54, 1.807) is 41.5 Å². The third-order valence-electron chi connectivity index (χ3n) is 7.49. The first-order valence-electron chi connectivity index (χ1n) is 16.6. The summed E-state index contributed by atoms with van der Waals surface area (Å²) in [4.78, 5) is 62.4. The highest BCUT2D eigenvalue weighted by atomic mass is 16.6. The van der Waals surface area contributed by atoms with Crippen LogP contribution >= 0.6 is 0 Å². The molecule has 0 spiro atoms. The van der Waals surface area contributed by atoms with Crippen LogP contribution in [0.1, 0.15) is 90.7 Å². The summed E-state index contributed by atoms with van der Waals surface area (Å²) >= 11 is 0. The van der Waals surface area contributed by atoms with Crippen LogP contribution in [0.5, 0.6) is 0 Å². The zero-order valence-electron chi connectivity index (χ0n) is 29.2. The summed E-state index contributed by atoms with van der Waals surface area (Å²) in [7, 11) is 0. The standard InChI is InChI=1S/C36H50N4O9/c1-35(2,3)48-32(44)37-20-12-11-18-29(31(42)43)39-30(41)28(19-13-21-38-33(45)49-36(4,5)6)40-34(46)47-22-27-25-16-9-7-14-23(25)24-15-8-10-17-26(24)27/h7-10,14-17,27-29H,11-13,18-22H2,1-6H3,(H,37,44)(H,38,45)(H,39,41)(H,40,46)(H,42,43)/t28-,29-/m0/s1. The SMILES string of the molecule is CC(C)(C)OC(=O)NCCCC[C@H](NC(=O)[C@H](CCCNC(=O)OC(C)(C)C)NC(=O)OCC1c2ccccc2-c2ccccc21)C(=O)O. The molecule has 0 heterocycles. The molecule has 4 amide bonds. The molecule has 0 bridgehead atoms. The molecule has 5 N–H and O–H groups in total. The van der Waals surface area contributed by atoms with Gasteiger partial charge in [-0.25, -0.2) is 19.2 Å². The highest BCUT2D eigenvalue weighted by Gasteiger charge is 2.31. The second-order valence-corrected chi connectivity index (χ2v) is 13.9. The molecule has 0 saturated heterocycles. The van der Waals surface area contributed by atoms with Crippen LogP contribution in [-0.2, 0) is 23.8 Å². The van der Waals surface area contributed by atoms with Crippen molar-refractivity contribution >= 4 is 30.2 Å². The van der Waals surface area contributed by atoms with Crippen molar-refractivity contribution < 1.29 is 43.3 Å². The van der Waals surface area contributed by atoms with Gasteiger partial charge in [0.1, 0.15) is 29.9 Å². The van der Waals surface area contributed by atoms with Crippen LogP contribution in [0, 0.1) is 0 Å². The average Bonchev–Trinajstić information content (AvgIpc) is 3.32. The number of nitrogens with one attached hydrogen (secondary N) is 4. The van der Waals surface area contributed by atoms with E-state index in [0.29, 0.717) is 12.8 Å². The fourth-order valence-corrected chi connectivity index (χ4v) is 5.37. The molecule has 0 unspecified atom stereocenters. The van der Waals surface area contributed by atoms with Crippen molar-refractivity contribution in [3.05, 3.63) is 59.7 Å². The van der Waals surface area contributed by atoms with E-state index in [1.807, 2.05) is 48.5 Å². The van der Waals surface area contributed by atoms with Crippen LogP contribution in [0.4, 0.5) is 14.4 Å². The Bertz CT molecular complexity index is 1420. The molecule has 0 fully saturated rings. The minimum Gasteiger partial charge on any atom is -0.480 e. The first-order chi connectivity index (χ1) is 23.0. The van der Waals surface area contributed by atoms with Gasteiger partial charge in [-0.3, -0.25) is 4.79 Å². The Morgan fingerprint density at radius 2 is 1.16 bits per heavy atom. The van der Waals surface area contributed by atoms with Crippen LogP contribution in [-0.4, -0.2) is 78.2 Å². The highest BCUT2D eigenvalue weighted by molar-refractivity contribution is 5.89. The fraction of sp³-hybridized carbons (Fsp3) is 0.528. The predicted molar refractivity (Wildman–Crippen MR) is 183 cm³/mol. The highest BCUT2D eigenvalue weighted by Crippen LogP contribution is 2.44. The van der Waals surface area contributed by atoms with E-state index >= 15 is 0 Å². The van der Waals surface area contributed by atoms with Crippen LogP contribution < -0.4 is 21.3 Å². The van der Waals surface area contributed by atoms with Gasteiger partial charge in [0.15, 0.2) is 0 Å². The molecule has 3 rings (SSSR count). The summed E-state index contributed by atoms with van der Waals surface area (Å²) in [6.07, 6.45) is -0.734. The monoisotopic (exact) mass is 682 g/mol. The van der Waals surface area contributed by atoms with Gasteiger partial charge in [-0.1, -0.05) is 48.5 Å². The number of carbonyl (C=O) groups excluding carboxylic acids is 4. The summed E-state index contributed by atoms with van der Waals surface area (Å²) in [5, 5.41) is 20.2. The fourth-order valence-electron chi connectivity index (χ4n) is 5.37. The number of fused-ring (bicyclic) bond motifs is 3. The smallest absolute Gasteiger partial charge is 0.407 e. The third-order valence-corrected chi connectivity index (χ3v) is 7.49. The Balaban J connectivity index is 1.60. The zero-order chi connectivity index (χ0) is 36.2. The van der Waals surface area contributed by atoms with E-state index in [0.717, 1.165) is 22.3 Å². The molecule has 0 saturated carbocycles. The van der Waals surface area contributed by atoms with Crippen molar-refractivity contribution in [2.75, 3.05) is 19.7 Å². The van der Waals surface area contributed by atoms with Gasteiger partial charge >= 0.3 is 24.2 Å². The van der Waals surface area contributed by atoms with Gasteiger partial charge in [-0.15, -0.1) is 0 Å². The van der Waals surface area contributed by atoms with Crippen molar-refractivity contribution in [1.29, 1.82) is 0 Å². The van der Waals surface area contributed by atoms with Gasteiger partial charge in [0.2, 0.25) is 5.91 Å². The number of aliphatic carboxylic acids is 1. The molecule has 1 aliphatic carbocycles. The van der Waals surface area contributed by atoms with Gasteiger partial charge in [-0.2, -0.15) is 0 Å². The number of hydrogen-bond acceptors (Lipinski definition) is 8. The number of carboxylic acid groups (broad SMARTS) is 1. The average molecular weight is 683 g/mol. The second kappa shape index (κ2) is 17.5. The van der Waals surface area contributed by atoms with Gasteiger partial charge < -0.3 is 40.6 Å². The van der Waals surface area contributed by atoms with E-state index in [1.165, 1.54) is 0 Å². The predicted octanol–water partition coefficient (Wildman–Crippen LogP) is 5.46. The Hall–Kier alpha value is -4.81. The largest absolute Gasteiger partial charge is 0.480 e. The van der Waals surface area contributed by atoms with Crippen LogP contribution in [0.25, 0.3) is 11.1 Å². The number of rotatable bonds is 15. The lowest BCUT2D eigenvalue weighted by molar-refractivity contribution is -0.142. The quantitative estimate of drug-likeness (QED) is 0.120. The number of hydrogen-bond donors (Lipinski definition) is 5. The maximum absolute atomic E-state index is 13.4. The number of ether oxygens (including phenoxy) is 3. The number of unbranched alkanes of at least 4 members (excludes halogenated alkanes) is 1. The van der Waals surface area contributed by atoms with Crippen molar-refractivity contribution in [3.63, 3.8) is 0 Å². The van der Waals surface area contributed by atoms with Crippen molar-refractivity contribution in [2.45, 2.75) is 103 Å². The molecule has 2 atom stereocenters. The molecule has 0 radical (unpaired) electrons. The minimum atomic E-state index is -1.24. The normalized spacial score (nSPS) is 13.6. The number of benzene rings is 2. The molecule has 1 aliphatic rings. The molecular formula is C36H50N4O9. The Labute approximate surface area is 287 Å². The first-order valence-corrected chi connectivity index (χ1v) is 16.6. The number of carboxylic acids is 1. The lowest BCUT2D eigenvalue weighted by atomic mass is 9.98. The topological polar surface area (TPSA) is 181 Å². The Morgan fingerprint density at radius 3 is 1.67 bits per heavy atom. The zero-order valence-corrected chi connectivity index (χ0v) is 29.2. The van der Waals surface area contributed by atoms with E-state index in [-0.39, 0.29) is 44.9 Å². The van der Waals surface area contributed by atoms with Crippen molar-refractivity contribution in [3.8, 4) is 11.1 Å². The lowest BCUT2D eigenvalue weighted by Gasteiger charge is -2.23. The molecule has 268 valence electrons. The molecule has 13 heteroatoms. The van der Waals surface area contributed by atoms with E-state index < -0.39 is 53.4 Å². The summed E-state index contributed by atoms with van der Waals surface area (Å²) in [5.74, 6) is -2.13. The van der Waals surface area contributed by atoms with E-state index in [2.05, 4.69) is 21.3 Å². The van der Waals surface area contributed by atoms with Gasteiger partial charge in [0.05, 0.1) is 0 Å². The Morgan fingerprint density at radius 1 is 0.673 bits per heavy atom. The number of carbonyl (C=O) groups is 5. The van der Waals surface area contributed by atoms with Crippen LogP contribution in [0.3, 0.4) is 0 Å². The summed E-state index contributed by atoms with van der Waals surface area (Å²) in [6, 6.07) is 13.4. The maximum atomic E-state index is 13.4.